The van der Waals surface area contributed by atoms with Gasteiger partial charge in [0.25, 0.3) is 0 Å². The number of rotatable bonds is 4. The summed E-state index contributed by atoms with van der Waals surface area (Å²) < 4.78 is 4.98. The van der Waals surface area contributed by atoms with E-state index in [4.69, 9.17) is 9.52 Å². The number of carbonyl (C=O) groups is 1. The molecule has 17 heavy (non-hydrogen) atoms. The van der Waals surface area contributed by atoms with Crippen molar-refractivity contribution < 1.29 is 14.3 Å². The van der Waals surface area contributed by atoms with Crippen LogP contribution in [0.5, 0.6) is 0 Å². The summed E-state index contributed by atoms with van der Waals surface area (Å²) in [5.74, 6) is -0.528. The van der Waals surface area contributed by atoms with Crippen LogP contribution in [0.2, 0.25) is 0 Å². The van der Waals surface area contributed by atoms with Gasteiger partial charge in [-0.1, -0.05) is 13.8 Å². The average Bonchev–Trinajstić information content (AvgIpc) is 2.82. The first-order valence-corrected chi connectivity index (χ1v) is 6.15. The van der Waals surface area contributed by atoms with Gasteiger partial charge in [-0.2, -0.15) is 0 Å². The third kappa shape index (κ3) is 2.55. The Morgan fingerprint density at radius 3 is 2.88 bits per heavy atom. The minimum atomic E-state index is -0.909. The van der Waals surface area contributed by atoms with Crippen LogP contribution in [0.25, 0.3) is 10.6 Å². The molecule has 0 saturated heterocycles. The Kier molecular flexibility index (Phi) is 3.28. The molecule has 0 aliphatic rings. The number of hydrogen-bond donors (Lipinski definition) is 1. The summed E-state index contributed by atoms with van der Waals surface area (Å²) in [6, 6.07) is 1.78. The van der Waals surface area contributed by atoms with Crippen molar-refractivity contribution >= 4 is 17.3 Å². The van der Waals surface area contributed by atoms with Crippen molar-refractivity contribution in [3.63, 3.8) is 0 Å². The highest BCUT2D eigenvalue weighted by Crippen LogP contribution is 2.29. The maximum absolute atomic E-state index is 11.1. The normalized spacial score (nSPS) is 11.0. The van der Waals surface area contributed by atoms with Gasteiger partial charge in [0.1, 0.15) is 16.1 Å². The van der Waals surface area contributed by atoms with E-state index in [1.807, 2.05) is 13.8 Å². The lowest BCUT2D eigenvalue weighted by Gasteiger charge is -2.01. The Morgan fingerprint density at radius 2 is 2.35 bits per heavy atom. The molecule has 1 N–H and O–H groups in total. The third-order valence-corrected chi connectivity index (χ3v) is 3.40. The van der Waals surface area contributed by atoms with Gasteiger partial charge in [-0.3, -0.25) is 0 Å². The average molecular weight is 251 g/mol. The number of nitrogens with zero attached hydrogens (tertiary/aromatic N) is 1. The second kappa shape index (κ2) is 4.71. The van der Waals surface area contributed by atoms with Crippen LogP contribution < -0.4 is 0 Å². The molecule has 2 rings (SSSR count). The lowest BCUT2D eigenvalue weighted by atomic mass is 10.1. The highest BCUT2D eigenvalue weighted by Gasteiger charge is 2.19. The molecule has 5 heteroatoms. The predicted octanol–water partition coefficient (Wildman–Crippen LogP) is 3.30. The molecule has 0 amide bonds. The molecule has 90 valence electrons. The fraction of sp³-hybridized carbons (Fsp3) is 0.333. The molecule has 0 spiro atoms. The van der Waals surface area contributed by atoms with E-state index in [0.29, 0.717) is 27.9 Å². The first-order chi connectivity index (χ1) is 8.08. The molecule has 0 fully saturated rings. The van der Waals surface area contributed by atoms with Crippen molar-refractivity contribution in [2.45, 2.75) is 20.3 Å². The molecule has 2 heterocycles. The van der Waals surface area contributed by atoms with Crippen molar-refractivity contribution in [3.05, 3.63) is 29.2 Å². The Balaban J connectivity index is 2.41. The van der Waals surface area contributed by atoms with Crippen LogP contribution in [0.4, 0.5) is 0 Å². The van der Waals surface area contributed by atoms with E-state index < -0.39 is 5.97 Å². The van der Waals surface area contributed by atoms with Crippen molar-refractivity contribution in [1.29, 1.82) is 0 Å². The Hall–Kier alpha value is -1.62. The monoisotopic (exact) mass is 251 g/mol. The van der Waals surface area contributed by atoms with Crippen LogP contribution in [0.3, 0.4) is 0 Å². The SMILES string of the molecule is CC(C)Cc1nc(-c2ccoc2)sc1C(=O)O. The van der Waals surface area contributed by atoms with Gasteiger partial charge in [0.2, 0.25) is 0 Å². The van der Waals surface area contributed by atoms with Gasteiger partial charge < -0.3 is 9.52 Å². The molecule has 0 atom stereocenters. The molecule has 4 nitrogen and oxygen atoms in total. The van der Waals surface area contributed by atoms with E-state index in [0.717, 1.165) is 5.56 Å². The summed E-state index contributed by atoms with van der Waals surface area (Å²) in [5, 5.41) is 9.84. The molecular weight excluding hydrogens is 238 g/mol. The van der Waals surface area contributed by atoms with Gasteiger partial charge in [-0.15, -0.1) is 11.3 Å². The molecule has 2 aromatic rings. The van der Waals surface area contributed by atoms with E-state index in [-0.39, 0.29) is 0 Å². The van der Waals surface area contributed by atoms with Crippen molar-refractivity contribution in [3.8, 4) is 10.6 Å². The van der Waals surface area contributed by atoms with Crippen LogP contribution in [-0.2, 0) is 6.42 Å². The highest BCUT2D eigenvalue weighted by molar-refractivity contribution is 7.17. The Bertz CT molecular complexity index is 514. The van der Waals surface area contributed by atoms with E-state index in [1.54, 1.807) is 18.6 Å². The number of hydrogen-bond acceptors (Lipinski definition) is 4. The quantitative estimate of drug-likeness (QED) is 0.905. The molecule has 0 aliphatic carbocycles. The standard InChI is InChI=1S/C12H13NO3S/c1-7(2)5-9-10(12(14)15)17-11(13-9)8-3-4-16-6-8/h3-4,6-7H,5H2,1-2H3,(H,14,15). The number of thiazole rings is 1. The zero-order valence-corrected chi connectivity index (χ0v) is 10.5. The van der Waals surface area contributed by atoms with Gasteiger partial charge in [0, 0.05) is 5.56 Å². The molecule has 0 bridgehead atoms. The zero-order valence-electron chi connectivity index (χ0n) is 9.64. The van der Waals surface area contributed by atoms with Crippen molar-refractivity contribution in [2.24, 2.45) is 5.92 Å². The second-order valence-electron chi connectivity index (χ2n) is 4.21. The van der Waals surface area contributed by atoms with Crippen LogP contribution >= 0.6 is 11.3 Å². The number of aromatic nitrogens is 1. The van der Waals surface area contributed by atoms with Crippen LogP contribution in [-0.4, -0.2) is 16.1 Å². The van der Waals surface area contributed by atoms with E-state index >= 15 is 0 Å². The number of carboxylic acids is 1. The molecule has 0 radical (unpaired) electrons. The summed E-state index contributed by atoms with van der Waals surface area (Å²) in [6.07, 6.45) is 3.80. The largest absolute Gasteiger partial charge is 0.477 e. The summed E-state index contributed by atoms with van der Waals surface area (Å²) in [7, 11) is 0. The molecular formula is C12H13NO3S. The summed E-state index contributed by atoms with van der Waals surface area (Å²) in [5.41, 5.74) is 1.49. The summed E-state index contributed by atoms with van der Waals surface area (Å²) >= 11 is 1.20. The van der Waals surface area contributed by atoms with Gasteiger partial charge in [-0.25, -0.2) is 9.78 Å². The second-order valence-corrected chi connectivity index (χ2v) is 5.21. The summed E-state index contributed by atoms with van der Waals surface area (Å²) in [4.78, 5) is 15.9. The van der Waals surface area contributed by atoms with E-state index in [9.17, 15) is 4.79 Å². The molecule has 0 aromatic carbocycles. The van der Waals surface area contributed by atoms with Crippen molar-refractivity contribution in [2.75, 3.05) is 0 Å². The molecule has 0 aliphatic heterocycles. The first kappa shape index (κ1) is 11.9. The number of furan rings is 1. The molecule has 0 saturated carbocycles. The first-order valence-electron chi connectivity index (χ1n) is 5.33. The van der Waals surface area contributed by atoms with Crippen LogP contribution in [0.15, 0.2) is 23.0 Å². The van der Waals surface area contributed by atoms with E-state index in [2.05, 4.69) is 4.98 Å². The number of carboxylic acid groups (broad SMARTS) is 1. The minimum Gasteiger partial charge on any atom is -0.477 e. The smallest absolute Gasteiger partial charge is 0.347 e. The van der Waals surface area contributed by atoms with Gasteiger partial charge in [0.15, 0.2) is 0 Å². The Morgan fingerprint density at radius 1 is 1.59 bits per heavy atom. The van der Waals surface area contributed by atoms with Gasteiger partial charge in [-0.05, 0) is 18.4 Å². The zero-order chi connectivity index (χ0) is 12.4. The fourth-order valence-corrected chi connectivity index (χ4v) is 2.47. The number of aromatic carboxylic acids is 1. The molecule has 0 unspecified atom stereocenters. The van der Waals surface area contributed by atoms with Gasteiger partial charge in [0.05, 0.1) is 12.0 Å². The molecule has 2 aromatic heterocycles. The predicted molar refractivity (Wildman–Crippen MR) is 65.3 cm³/mol. The fourth-order valence-electron chi connectivity index (χ4n) is 1.55. The maximum atomic E-state index is 11.1. The minimum absolute atomic E-state index is 0.329. The Labute approximate surface area is 103 Å². The lowest BCUT2D eigenvalue weighted by Crippen LogP contribution is -2.02. The van der Waals surface area contributed by atoms with E-state index in [1.165, 1.54) is 11.3 Å². The van der Waals surface area contributed by atoms with Crippen molar-refractivity contribution in [1.82, 2.24) is 4.98 Å². The van der Waals surface area contributed by atoms with Crippen LogP contribution in [0.1, 0.15) is 29.2 Å². The van der Waals surface area contributed by atoms with Crippen LogP contribution in [0, 0.1) is 5.92 Å². The van der Waals surface area contributed by atoms with Gasteiger partial charge >= 0.3 is 5.97 Å². The topological polar surface area (TPSA) is 63.3 Å². The lowest BCUT2D eigenvalue weighted by molar-refractivity contribution is 0.0700. The highest BCUT2D eigenvalue weighted by atomic mass is 32.1. The third-order valence-electron chi connectivity index (χ3n) is 2.26. The summed E-state index contributed by atoms with van der Waals surface area (Å²) in [6.45, 7) is 4.09. The maximum Gasteiger partial charge on any atom is 0.347 e.